The molecular formula is C26H28F3N5O3. The van der Waals surface area contributed by atoms with Gasteiger partial charge in [-0.15, -0.1) is 0 Å². The maximum Gasteiger partial charge on any atom is 0.266 e. The third-order valence-electron chi connectivity index (χ3n) is 6.25. The molecule has 1 N–H and O–H groups in total. The summed E-state index contributed by atoms with van der Waals surface area (Å²) in [6, 6.07) is 5.12. The molecule has 0 saturated carbocycles. The smallest absolute Gasteiger partial charge is 0.266 e. The minimum atomic E-state index is -2.92. The van der Waals surface area contributed by atoms with Gasteiger partial charge in [-0.1, -0.05) is 24.3 Å². The lowest BCUT2D eigenvalue weighted by Crippen LogP contribution is -2.36. The van der Waals surface area contributed by atoms with Crippen molar-refractivity contribution in [3.8, 4) is 5.88 Å². The molecule has 37 heavy (non-hydrogen) atoms. The second-order valence-electron chi connectivity index (χ2n) is 8.71. The van der Waals surface area contributed by atoms with Crippen LogP contribution in [0, 0.1) is 12.7 Å². The number of nitrogens with zero attached hydrogens (tertiary/aromatic N) is 4. The molecule has 0 saturated heterocycles. The van der Waals surface area contributed by atoms with E-state index < -0.39 is 23.8 Å². The van der Waals surface area contributed by atoms with Gasteiger partial charge in [-0.25, -0.2) is 23.1 Å². The molecule has 1 amide bonds. The number of carbonyl (C=O) groups excluding carboxylic acids is 1. The van der Waals surface area contributed by atoms with E-state index >= 15 is 0 Å². The number of halogens is 3. The lowest BCUT2D eigenvalue weighted by molar-refractivity contribution is -0.134. The molecule has 0 radical (unpaired) electrons. The van der Waals surface area contributed by atoms with E-state index in [1.54, 1.807) is 18.7 Å². The summed E-state index contributed by atoms with van der Waals surface area (Å²) >= 11 is 0. The van der Waals surface area contributed by atoms with Gasteiger partial charge in [0.2, 0.25) is 11.8 Å². The number of methoxy groups -OCH3 is 2. The molecule has 1 atom stereocenters. The molecule has 3 aromatic rings. The number of rotatable bonds is 8. The van der Waals surface area contributed by atoms with E-state index in [4.69, 9.17) is 9.47 Å². The monoisotopic (exact) mass is 515 g/mol. The second kappa shape index (κ2) is 11.1. The number of nitrogens with one attached hydrogen (secondary N) is 1. The van der Waals surface area contributed by atoms with Crippen LogP contribution in [0.3, 0.4) is 0 Å². The number of aryl methyl sites for hydroxylation is 1. The minimum Gasteiger partial charge on any atom is -0.481 e. The summed E-state index contributed by atoms with van der Waals surface area (Å²) in [6.45, 7) is 4.33. The van der Waals surface area contributed by atoms with E-state index in [2.05, 4.69) is 20.3 Å². The molecule has 0 aliphatic carbocycles. The zero-order valence-corrected chi connectivity index (χ0v) is 21.0. The zero-order valence-electron chi connectivity index (χ0n) is 21.0. The fourth-order valence-electron chi connectivity index (χ4n) is 4.35. The number of anilines is 1. The van der Waals surface area contributed by atoms with Crippen LogP contribution in [-0.4, -0.2) is 59.7 Å². The lowest BCUT2D eigenvalue weighted by atomic mass is 9.99. The van der Waals surface area contributed by atoms with Gasteiger partial charge in [0.25, 0.3) is 6.43 Å². The summed E-state index contributed by atoms with van der Waals surface area (Å²) in [6.07, 6.45) is -0.396. The molecular weight excluding hydrogens is 487 g/mol. The van der Waals surface area contributed by atoms with Crippen LogP contribution >= 0.6 is 0 Å². The third-order valence-corrected chi connectivity index (χ3v) is 6.25. The van der Waals surface area contributed by atoms with Crippen LogP contribution in [0.15, 0.2) is 30.3 Å². The second-order valence-corrected chi connectivity index (χ2v) is 8.71. The van der Waals surface area contributed by atoms with Crippen molar-refractivity contribution < 1.29 is 27.4 Å². The number of hydrogen-bond donors (Lipinski definition) is 1. The SMILES string of the molecule is COCC(=O)N1CC=C(c2cc3c(NC(C)c4cccc(C(F)F)c4F)nc(C)nc3nc2OC)CC1. The van der Waals surface area contributed by atoms with Crippen molar-refractivity contribution in [3.63, 3.8) is 0 Å². The number of pyridine rings is 1. The predicted octanol–water partition coefficient (Wildman–Crippen LogP) is 4.85. The van der Waals surface area contributed by atoms with Gasteiger partial charge in [0, 0.05) is 31.3 Å². The fourth-order valence-corrected chi connectivity index (χ4v) is 4.35. The Balaban J connectivity index is 1.71. The number of fused-ring (bicyclic) bond motifs is 1. The first-order valence-electron chi connectivity index (χ1n) is 11.8. The first-order chi connectivity index (χ1) is 17.7. The summed E-state index contributed by atoms with van der Waals surface area (Å²) in [5.74, 6) is 0.155. The first-order valence-corrected chi connectivity index (χ1v) is 11.8. The molecule has 4 rings (SSSR count). The van der Waals surface area contributed by atoms with Crippen molar-refractivity contribution in [2.75, 3.05) is 39.2 Å². The Labute approximate surface area is 212 Å². The summed E-state index contributed by atoms with van der Waals surface area (Å²) in [7, 11) is 3.00. The fraction of sp³-hybridized carbons (Fsp3) is 0.385. The number of carbonyl (C=O) groups is 1. The topological polar surface area (TPSA) is 89.5 Å². The first kappa shape index (κ1) is 26.3. The van der Waals surface area contributed by atoms with Crippen LogP contribution in [0.5, 0.6) is 5.88 Å². The van der Waals surface area contributed by atoms with E-state index in [0.717, 1.165) is 17.2 Å². The Morgan fingerprint density at radius 2 is 1.95 bits per heavy atom. The van der Waals surface area contributed by atoms with Crippen molar-refractivity contribution in [1.82, 2.24) is 19.9 Å². The Morgan fingerprint density at radius 3 is 2.59 bits per heavy atom. The van der Waals surface area contributed by atoms with Gasteiger partial charge in [-0.2, -0.15) is 4.98 Å². The van der Waals surface area contributed by atoms with Crippen LogP contribution in [0.1, 0.15) is 48.3 Å². The van der Waals surface area contributed by atoms with Gasteiger partial charge < -0.3 is 19.7 Å². The Kier molecular flexibility index (Phi) is 7.91. The number of benzene rings is 1. The molecule has 1 aromatic carbocycles. The number of hydrogen-bond acceptors (Lipinski definition) is 7. The van der Waals surface area contributed by atoms with E-state index in [1.165, 1.54) is 26.4 Å². The largest absolute Gasteiger partial charge is 0.481 e. The maximum absolute atomic E-state index is 14.8. The van der Waals surface area contributed by atoms with Gasteiger partial charge in [-0.05, 0) is 31.9 Å². The van der Waals surface area contributed by atoms with Crippen LogP contribution in [0.25, 0.3) is 16.6 Å². The minimum absolute atomic E-state index is 0.0226. The van der Waals surface area contributed by atoms with Crippen LogP contribution < -0.4 is 10.1 Å². The van der Waals surface area contributed by atoms with Crippen LogP contribution in [0.4, 0.5) is 19.0 Å². The molecule has 0 bridgehead atoms. The van der Waals surface area contributed by atoms with Gasteiger partial charge in [0.05, 0.1) is 24.1 Å². The number of amides is 1. The maximum atomic E-state index is 14.8. The van der Waals surface area contributed by atoms with Crippen molar-refractivity contribution in [2.24, 2.45) is 0 Å². The molecule has 3 heterocycles. The quantitative estimate of drug-likeness (QED) is 0.459. The molecule has 0 spiro atoms. The Morgan fingerprint density at radius 1 is 1.19 bits per heavy atom. The van der Waals surface area contributed by atoms with Crippen molar-refractivity contribution in [3.05, 3.63) is 58.7 Å². The molecule has 196 valence electrons. The van der Waals surface area contributed by atoms with Crippen molar-refractivity contribution in [1.29, 1.82) is 0 Å². The molecule has 1 unspecified atom stereocenters. The van der Waals surface area contributed by atoms with Crippen molar-refractivity contribution in [2.45, 2.75) is 32.7 Å². The van der Waals surface area contributed by atoms with E-state index in [1.807, 2.05) is 12.1 Å². The highest BCUT2D eigenvalue weighted by Crippen LogP contribution is 2.35. The highest BCUT2D eigenvalue weighted by atomic mass is 19.3. The standard InChI is InChI=1S/C26H28F3N5O3/c1-14(17-6-5-7-18(22(17)27)23(28)29)30-24-20-12-19(26(37-4)33-25(20)32-15(2)31-24)16-8-10-34(11-9-16)21(35)13-36-3/h5-8,12,14,23H,9-11,13H2,1-4H3,(H,30,31,32,33). The number of alkyl halides is 2. The van der Waals surface area contributed by atoms with Crippen LogP contribution in [0.2, 0.25) is 0 Å². The van der Waals surface area contributed by atoms with E-state index in [9.17, 15) is 18.0 Å². The van der Waals surface area contributed by atoms with Gasteiger partial charge in [0.1, 0.15) is 24.1 Å². The highest BCUT2D eigenvalue weighted by Gasteiger charge is 2.23. The molecule has 0 fully saturated rings. The molecule has 2 aromatic heterocycles. The van der Waals surface area contributed by atoms with E-state index in [0.29, 0.717) is 48.1 Å². The Hall–Kier alpha value is -3.73. The van der Waals surface area contributed by atoms with E-state index in [-0.39, 0.29) is 18.1 Å². The summed E-state index contributed by atoms with van der Waals surface area (Å²) < 4.78 is 51.7. The lowest BCUT2D eigenvalue weighted by Gasteiger charge is -2.27. The zero-order chi connectivity index (χ0) is 26.7. The molecule has 1 aliphatic rings. The predicted molar refractivity (Wildman–Crippen MR) is 133 cm³/mol. The summed E-state index contributed by atoms with van der Waals surface area (Å²) in [5, 5.41) is 3.72. The van der Waals surface area contributed by atoms with Crippen LogP contribution in [-0.2, 0) is 9.53 Å². The normalized spacial score (nSPS) is 14.6. The highest BCUT2D eigenvalue weighted by molar-refractivity contribution is 5.91. The average Bonchev–Trinajstić information content (AvgIpc) is 2.88. The van der Waals surface area contributed by atoms with Crippen molar-refractivity contribution >= 4 is 28.3 Å². The molecule has 11 heteroatoms. The summed E-state index contributed by atoms with van der Waals surface area (Å²) in [4.78, 5) is 27.4. The molecule has 1 aliphatic heterocycles. The molecule has 8 nitrogen and oxygen atoms in total. The Bertz CT molecular complexity index is 1350. The van der Waals surface area contributed by atoms with Gasteiger partial charge in [0.15, 0.2) is 5.65 Å². The average molecular weight is 516 g/mol. The van der Waals surface area contributed by atoms with Gasteiger partial charge >= 0.3 is 0 Å². The summed E-state index contributed by atoms with van der Waals surface area (Å²) in [5.41, 5.74) is 1.49. The van der Waals surface area contributed by atoms with Gasteiger partial charge in [-0.3, -0.25) is 4.79 Å². The number of aromatic nitrogens is 3. The number of ether oxygens (including phenoxy) is 2. The third kappa shape index (κ3) is 5.51.